The first-order valence-electron chi connectivity index (χ1n) is 19.5. The van der Waals surface area contributed by atoms with Crippen molar-refractivity contribution in [1.29, 1.82) is 10.5 Å². The highest BCUT2D eigenvalue weighted by atomic mass is 35.5. The molecule has 25 heteroatoms. The third kappa shape index (κ3) is 10.8. The van der Waals surface area contributed by atoms with E-state index in [0.29, 0.717) is 22.8 Å². The van der Waals surface area contributed by atoms with Gasteiger partial charge in [0.05, 0.1) is 16.3 Å². The number of hydrogen-bond acceptors (Lipinski definition) is 17. The summed E-state index contributed by atoms with van der Waals surface area (Å²) < 4.78 is 104. The van der Waals surface area contributed by atoms with Gasteiger partial charge in [0.15, 0.2) is 16.6 Å². The minimum absolute atomic E-state index is 0.00751. The maximum atomic E-state index is 12.5. The second-order valence-corrected chi connectivity index (χ2v) is 20.4. The molecule has 7 aromatic rings. The van der Waals surface area contributed by atoms with E-state index in [9.17, 15) is 49.4 Å². The van der Waals surface area contributed by atoms with Crippen molar-refractivity contribution in [1.82, 2.24) is 4.98 Å². The lowest BCUT2D eigenvalue weighted by atomic mass is 10.0. The summed E-state index contributed by atoms with van der Waals surface area (Å²) in [6.07, 6.45) is 0.852. The normalized spacial score (nSPS) is 12.1. The molecule has 6 N–H and O–H groups in total. The molecule has 0 bridgehead atoms. The maximum absolute atomic E-state index is 12.5. The fourth-order valence-electron chi connectivity index (χ4n) is 6.66. The largest absolute Gasteiger partial charge is 0.385 e. The molecule has 19 nitrogen and oxygen atoms in total. The van der Waals surface area contributed by atoms with Crippen LogP contribution in [0.4, 0.5) is 50.1 Å². The molecule has 0 amide bonds. The van der Waals surface area contributed by atoms with Crippen molar-refractivity contribution in [2.45, 2.75) is 35.0 Å². The van der Waals surface area contributed by atoms with Gasteiger partial charge in [0.25, 0.3) is 30.4 Å². The first-order valence-corrected chi connectivity index (χ1v) is 25.4. The van der Waals surface area contributed by atoms with E-state index in [1.54, 1.807) is 55.5 Å². The van der Waals surface area contributed by atoms with Crippen molar-refractivity contribution >= 4 is 126 Å². The minimum atomic E-state index is -4.99. The number of nitrogens with zero attached hydrogens (tertiary/aromatic N) is 7. The number of rotatable bonds is 15. The van der Waals surface area contributed by atoms with E-state index in [-0.39, 0.29) is 76.7 Å². The molecule has 0 aliphatic heterocycles. The number of halogens is 2. The zero-order valence-corrected chi connectivity index (χ0v) is 39.7. The summed E-state index contributed by atoms with van der Waals surface area (Å²) in [5.41, 5.74) is 1.95. The molecule has 0 unspecified atom stereocenters. The zero-order valence-electron chi connectivity index (χ0n) is 35.0. The number of hydrogen-bond donors (Lipinski definition) is 6. The van der Waals surface area contributed by atoms with Gasteiger partial charge < -0.3 is 16.0 Å². The van der Waals surface area contributed by atoms with Gasteiger partial charge in [-0.15, -0.1) is 20.5 Å². The predicted octanol–water partition coefficient (Wildman–Crippen LogP) is 12.2. The van der Waals surface area contributed by atoms with Crippen LogP contribution in [0.15, 0.2) is 132 Å². The van der Waals surface area contributed by atoms with Gasteiger partial charge in [0, 0.05) is 50.5 Å². The van der Waals surface area contributed by atoms with Gasteiger partial charge >= 0.3 is 0 Å². The Bertz CT molecular complexity index is 3650. The van der Waals surface area contributed by atoms with Crippen molar-refractivity contribution in [3.63, 3.8) is 0 Å². The Morgan fingerprint density at radius 3 is 1.91 bits per heavy atom. The van der Waals surface area contributed by atoms with Gasteiger partial charge in [-0.2, -0.15) is 35.8 Å². The van der Waals surface area contributed by atoms with Crippen LogP contribution in [0, 0.1) is 29.6 Å². The SMILES string of the molecule is CCCNc1ccc(-c2c(N=Nc3cc(S(=O)(=O)O)c4cccc(S(=O)(=O)O)c4c3)sc(N=Nc3c(Nc4ccc(Cl)cc4)nc(Nc4ccc(Cl)c(S(=O)(=O)O)c4)c(C#N)c3C)c2C#N)cc1. The Hall–Kier alpha value is -6.90. The highest BCUT2D eigenvalue weighted by Gasteiger charge is 2.25. The van der Waals surface area contributed by atoms with Gasteiger partial charge in [-0.05, 0) is 91.7 Å². The lowest BCUT2D eigenvalue weighted by Gasteiger charge is -2.16. The molecular weight excluding hydrogens is 1000 g/mol. The fraction of sp³-hybridized carbons (Fsp3) is 0.0930. The summed E-state index contributed by atoms with van der Waals surface area (Å²) >= 11 is 13.0. The van der Waals surface area contributed by atoms with Crippen LogP contribution in [0.3, 0.4) is 0 Å². The van der Waals surface area contributed by atoms with E-state index in [1.807, 2.05) is 6.92 Å². The van der Waals surface area contributed by atoms with Crippen LogP contribution in [0.1, 0.15) is 30.0 Å². The second-order valence-electron chi connectivity index (χ2n) is 14.4. The van der Waals surface area contributed by atoms with Crippen LogP contribution >= 0.6 is 34.5 Å². The van der Waals surface area contributed by atoms with Gasteiger partial charge in [-0.3, -0.25) is 13.7 Å². The molecule has 5 aromatic carbocycles. The van der Waals surface area contributed by atoms with Crippen molar-refractivity contribution < 1.29 is 38.9 Å². The third-order valence-corrected chi connectivity index (χ3v) is 14.1. The first kappa shape index (κ1) is 49.0. The summed E-state index contributed by atoms with van der Waals surface area (Å²) in [5, 5.41) is 47.7. The number of pyridine rings is 1. The first-order chi connectivity index (χ1) is 32.2. The number of thiophene rings is 1. The van der Waals surface area contributed by atoms with Gasteiger partial charge in [-0.25, -0.2) is 4.98 Å². The monoisotopic (exact) mass is 1030 g/mol. The van der Waals surface area contributed by atoms with Gasteiger partial charge in [0.2, 0.25) is 0 Å². The lowest BCUT2D eigenvalue weighted by molar-refractivity contribution is 0.481. The number of anilines is 5. The molecule has 346 valence electrons. The molecule has 0 saturated heterocycles. The summed E-state index contributed by atoms with van der Waals surface area (Å²) in [6, 6.07) is 27.0. The van der Waals surface area contributed by atoms with E-state index >= 15 is 0 Å². The van der Waals surface area contributed by atoms with Crippen LogP contribution < -0.4 is 16.0 Å². The molecule has 68 heavy (non-hydrogen) atoms. The molecule has 0 radical (unpaired) electrons. The molecular formula is C43H32Cl2N10O9S4. The Morgan fingerprint density at radius 1 is 0.662 bits per heavy atom. The fourth-order valence-corrected chi connectivity index (χ4v) is 10.1. The van der Waals surface area contributed by atoms with E-state index < -0.39 is 45.0 Å². The number of nitriles is 2. The number of fused-ring (bicyclic) bond motifs is 1. The molecule has 0 aliphatic carbocycles. The highest BCUT2D eigenvalue weighted by molar-refractivity contribution is 7.86. The van der Waals surface area contributed by atoms with Gasteiger partial charge in [0.1, 0.15) is 43.1 Å². The topological polar surface area (TPSA) is 309 Å². The van der Waals surface area contributed by atoms with E-state index in [4.69, 9.17) is 23.2 Å². The smallest absolute Gasteiger partial charge is 0.296 e. The van der Waals surface area contributed by atoms with Crippen LogP contribution in [-0.2, 0) is 30.4 Å². The van der Waals surface area contributed by atoms with Crippen LogP contribution in [0.2, 0.25) is 10.0 Å². The second kappa shape index (κ2) is 19.7. The molecule has 0 atom stereocenters. The third-order valence-electron chi connectivity index (χ3n) is 9.80. The lowest BCUT2D eigenvalue weighted by Crippen LogP contribution is -2.05. The molecule has 2 heterocycles. The average molecular weight is 1030 g/mol. The van der Waals surface area contributed by atoms with Crippen LogP contribution in [0.5, 0.6) is 0 Å². The molecule has 7 rings (SSSR count). The Labute approximate surface area is 402 Å². The number of aromatic nitrogens is 1. The van der Waals surface area contributed by atoms with E-state index in [1.165, 1.54) is 24.3 Å². The summed E-state index contributed by atoms with van der Waals surface area (Å²) in [5.74, 6) is -0.0334. The molecule has 0 aliphatic rings. The average Bonchev–Trinajstić information content (AvgIpc) is 3.64. The predicted molar refractivity (Wildman–Crippen MR) is 258 cm³/mol. The zero-order chi connectivity index (χ0) is 49.1. The molecule has 0 fully saturated rings. The highest BCUT2D eigenvalue weighted by Crippen LogP contribution is 2.49. The Kier molecular flexibility index (Phi) is 14.2. The maximum Gasteiger partial charge on any atom is 0.296 e. The van der Waals surface area contributed by atoms with Gasteiger partial charge in [-0.1, -0.05) is 65.7 Å². The number of azo groups is 2. The Balaban J connectivity index is 1.40. The summed E-state index contributed by atoms with van der Waals surface area (Å²) in [7, 11) is -14.6. The number of nitrogens with one attached hydrogen (secondary N) is 3. The van der Waals surface area contributed by atoms with Crippen molar-refractivity contribution in [3.8, 4) is 23.3 Å². The minimum Gasteiger partial charge on any atom is -0.385 e. The van der Waals surface area contributed by atoms with Crippen molar-refractivity contribution in [3.05, 3.63) is 124 Å². The van der Waals surface area contributed by atoms with E-state index in [2.05, 4.69) is 53.5 Å². The van der Waals surface area contributed by atoms with E-state index in [0.717, 1.165) is 47.7 Å². The number of benzene rings is 5. The molecule has 0 saturated carbocycles. The molecule has 0 spiro atoms. The van der Waals surface area contributed by atoms with Crippen molar-refractivity contribution in [2.75, 3.05) is 22.5 Å². The standard InChI is InChI=1S/C43H32Cl2N10O9S4/c1-3-17-48-26-11-7-24(8-12-26)38-33(22-47)42(65-43(38)55-52-29-18-31-30(36(20-29)67(59,60)61)5-4-6-35(31)66(56,57)58)54-53-39-23(2)32(21-46)40(51-41(39)49-27-13-9-25(44)10-14-27)50-28-15-16-34(45)37(19-28)68(62,63)64/h4-16,18-20,48H,3,17H2,1-2H3,(H2,49,50,51)(H,56,57,58)(H,59,60,61)(H,62,63,64). The Morgan fingerprint density at radius 2 is 1.28 bits per heavy atom. The molecule has 2 aromatic heterocycles. The van der Waals surface area contributed by atoms with Crippen molar-refractivity contribution in [2.24, 2.45) is 20.5 Å². The van der Waals surface area contributed by atoms with Crippen LogP contribution in [-0.4, -0.2) is 50.4 Å². The summed E-state index contributed by atoms with van der Waals surface area (Å²) in [4.78, 5) is 2.65. The summed E-state index contributed by atoms with van der Waals surface area (Å²) in [6.45, 7) is 4.24. The van der Waals surface area contributed by atoms with Crippen LogP contribution in [0.25, 0.3) is 21.9 Å². The quantitative estimate of drug-likeness (QED) is 0.0411.